The second-order valence-electron chi connectivity index (χ2n) is 4.09. The van der Waals surface area contributed by atoms with Gasteiger partial charge in [0, 0.05) is 26.1 Å². The first-order valence-corrected chi connectivity index (χ1v) is 5.87. The molecule has 1 aliphatic rings. The molecule has 0 unspecified atom stereocenters. The molecule has 2 rings (SSSR count). The third kappa shape index (κ3) is 3.10. The lowest BCUT2D eigenvalue weighted by molar-refractivity contribution is -0.130. The molecule has 0 spiro atoms. The average molecular weight is 222 g/mol. The summed E-state index contributed by atoms with van der Waals surface area (Å²) in [5.74, 6) is 1.18. The van der Waals surface area contributed by atoms with E-state index in [1.165, 1.54) is 0 Å². The van der Waals surface area contributed by atoms with E-state index in [0.717, 1.165) is 38.2 Å². The minimum atomic E-state index is 0.268. The molecular formula is C12H18N2O2. The van der Waals surface area contributed by atoms with E-state index in [1.54, 1.807) is 6.26 Å². The van der Waals surface area contributed by atoms with Gasteiger partial charge in [-0.15, -0.1) is 0 Å². The zero-order valence-electron chi connectivity index (χ0n) is 9.45. The maximum absolute atomic E-state index is 11.7. The number of rotatable bonds is 5. The van der Waals surface area contributed by atoms with Crippen LogP contribution in [0.3, 0.4) is 0 Å². The van der Waals surface area contributed by atoms with E-state index in [2.05, 4.69) is 5.32 Å². The lowest BCUT2D eigenvalue weighted by atomic mass is 10.3. The third-order valence-electron chi connectivity index (χ3n) is 2.85. The fourth-order valence-corrected chi connectivity index (χ4v) is 1.94. The van der Waals surface area contributed by atoms with Gasteiger partial charge in [0.05, 0.1) is 12.8 Å². The van der Waals surface area contributed by atoms with Crippen LogP contribution in [0.5, 0.6) is 0 Å². The van der Waals surface area contributed by atoms with Gasteiger partial charge < -0.3 is 14.6 Å². The van der Waals surface area contributed by atoms with E-state index >= 15 is 0 Å². The number of amides is 1. The highest BCUT2D eigenvalue weighted by Gasteiger charge is 2.16. The number of furan rings is 1. The van der Waals surface area contributed by atoms with Crippen molar-refractivity contribution in [3.63, 3.8) is 0 Å². The van der Waals surface area contributed by atoms with E-state index in [-0.39, 0.29) is 5.91 Å². The highest BCUT2D eigenvalue weighted by Crippen LogP contribution is 2.08. The summed E-state index contributed by atoms with van der Waals surface area (Å²) in [6, 6.07) is 3.79. The summed E-state index contributed by atoms with van der Waals surface area (Å²) in [5.41, 5.74) is 0. The number of carbonyl (C=O) groups excluding carboxylic acids is 1. The fraction of sp³-hybridized carbons (Fsp3) is 0.583. The summed E-state index contributed by atoms with van der Waals surface area (Å²) in [6.07, 6.45) is 4.56. The summed E-state index contributed by atoms with van der Waals surface area (Å²) in [4.78, 5) is 13.6. The predicted molar refractivity (Wildman–Crippen MR) is 60.8 cm³/mol. The number of hydrogen-bond acceptors (Lipinski definition) is 3. The van der Waals surface area contributed by atoms with Crippen LogP contribution in [-0.4, -0.2) is 30.4 Å². The van der Waals surface area contributed by atoms with Gasteiger partial charge in [0.2, 0.25) is 5.91 Å². The molecule has 1 fully saturated rings. The van der Waals surface area contributed by atoms with Gasteiger partial charge in [-0.05, 0) is 25.0 Å². The molecule has 0 saturated carbocycles. The van der Waals surface area contributed by atoms with Gasteiger partial charge in [-0.3, -0.25) is 4.79 Å². The Morgan fingerprint density at radius 2 is 2.25 bits per heavy atom. The zero-order chi connectivity index (χ0) is 11.2. The van der Waals surface area contributed by atoms with E-state index in [4.69, 9.17) is 4.42 Å². The monoisotopic (exact) mass is 222 g/mol. The van der Waals surface area contributed by atoms with Crippen molar-refractivity contribution >= 4 is 5.91 Å². The van der Waals surface area contributed by atoms with Crippen LogP contribution >= 0.6 is 0 Å². The molecule has 1 aliphatic heterocycles. The second kappa shape index (κ2) is 5.70. The Hall–Kier alpha value is -1.29. The van der Waals surface area contributed by atoms with Gasteiger partial charge in [0.15, 0.2) is 0 Å². The van der Waals surface area contributed by atoms with Crippen LogP contribution in [-0.2, 0) is 11.3 Å². The van der Waals surface area contributed by atoms with Crippen LogP contribution in [0.25, 0.3) is 0 Å². The van der Waals surface area contributed by atoms with Gasteiger partial charge in [0.1, 0.15) is 5.76 Å². The molecule has 1 saturated heterocycles. The Labute approximate surface area is 95.6 Å². The van der Waals surface area contributed by atoms with Crippen LogP contribution in [0.1, 0.15) is 25.0 Å². The molecule has 4 nitrogen and oxygen atoms in total. The van der Waals surface area contributed by atoms with Crippen LogP contribution < -0.4 is 5.32 Å². The van der Waals surface area contributed by atoms with E-state index in [0.29, 0.717) is 13.0 Å². The molecule has 0 bridgehead atoms. The average Bonchev–Trinajstić information content (AvgIpc) is 2.96. The molecule has 0 aromatic carbocycles. The van der Waals surface area contributed by atoms with Gasteiger partial charge >= 0.3 is 0 Å². The van der Waals surface area contributed by atoms with Crippen molar-refractivity contribution in [1.82, 2.24) is 10.2 Å². The van der Waals surface area contributed by atoms with Crippen LogP contribution in [0.2, 0.25) is 0 Å². The van der Waals surface area contributed by atoms with Crippen LogP contribution in [0.15, 0.2) is 22.8 Å². The standard InChI is InChI=1S/C12H18N2O2/c15-12(14-7-1-2-8-14)5-6-13-10-11-4-3-9-16-11/h3-4,9,13H,1-2,5-8,10H2. The largest absolute Gasteiger partial charge is 0.468 e. The fourth-order valence-electron chi connectivity index (χ4n) is 1.94. The first-order valence-electron chi connectivity index (χ1n) is 5.87. The van der Waals surface area contributed by atoms with Crippen molar-refractivity contribution in [3.05, 3.63) is 24.2 Å². The Balaban J connectivity index is 1.59. The van der Waals surface area contributed by atoms with E-state index in [9.17, 15) is 4.79 Å². The molecule has 0 atom stereocenters. The van der Waals surface area contributed by atoms with Gasteiger partial charge in [-0.2, -0.15) is 0 Å². The molecule has 1 aromatic heterocycles. The molecule has 1 N–H and O–H groups in total. The summed E-state index contributed by atoms with van der Waals surface area (Å²) in [6.45, 7) is 3.30. The lowest BCUT2D eigenvalue weighted by Gasteiger charge is -2.14. The van der Waals surface area contributed by atoms with Crippen molar-refractivity contribution in [2.75, 3.05) is 19.6 Å². The van der Waals surface area contributed by atoms with Crippen molar-refractivity contribution in [2.24, 2.45) is 0 Å². The molecule has 88 valence electrons. The SMILES string of the molecule is O=C(CCNCc1ccco1)N1CCCC1. The Morgan fingerprint density at radius 3 is 2.94 bits per heavy atom. The predicted octanol–water partition coefficient (Wildman–Crippen LogP) is 1.38. The topological polar surface area (TPSA) is 45.5 Å². The van der Waals surface area contributed by atoms with Gasteiger partial charge in [0.25, 0.3) is 0 Å². The summed E-state index contributed by atoms with van der Waals surface area (Å²) < 4.78 is 5.18. The van der Waals surface area contributed by atoms with Crippen molar-refractivity contribution < 1.29 is 9.21 Å². The second-order valence-corrected chi connectivity index (χ2v) is 4.09. The minimum absolute atomic E-state index is 0.268. The zero-order valence-corrected chi connectivity index (χ0v) is 9.45. The van der Waals surface area contributed by atoms with Gasteiger partial charge in [-0.1, -0.05) is 0 Å². The quantitative estimate of drug-likeness (QED) is 0.766. The molecule has 2 heterocycles. The molecule has 0 radical (unpaired) electrons. The molecule has 1 amide bonds. The molecule has 4 heteroatoms. The van der Waals surface area contributed by atoms with Crippen LogP contribution in [0.4, 0.5) is 0 Å². The number of nitrogens with zero attached hydrogens (tertiary/aromatic N) is 1. The maximum atomic E-state index is 11.7. The Kier molecular flexibility index (Phi) is 3.99. The first-order chi connectivity index (χ1) is 7.86. The summed E-state index contributed by atoms with van der Waals surface area (Å²) in [5, 5.41) is 3.20. The summed E-state index contributed by atoms with van der Waals surface area (Å²) in [7, 11) is 0. The first kappa shape index (κ1) is 11.2. The molecular weight excluding hydrogens is 204 g/mol. The Bertz CT molecular complexity index is 316. The maximum Gasteiger partial charge on any atom is 0.223 e. The lowest BCUT2D eigenvalue weighted by Crippen LogP contribution is -2.30. The van der Waals surface area contributed by atoms with Crippen molar-refractivity contribution in [3.8, 4) is 0 Å². The third-order valence-corrected chi connectivity index (χ3v) is 2.85. The summed E-state index contributed by atoms with van der Waals surface area (Å²) >= 11 is 0. The van der Waals surface area contributed by atoms with E-state index < -0.39 is 0 Å². The van der Waals surface area contributed by atoms with Crippen molar-refractivity contribution in [2.45, 2.75) is 25.8 Å². The number of likely N-dealkylation sites (tertiary alicyclic amines) is 1. The number of hydrogen-bond donors (Lipinski definition) is 1. The molecule has 16 heavy (non-hydrogen) atoms. The van der Waals surface area contributed by atoms with E-state index in [1.807, 2.05) is 17.0 Å². The smallest absolute Gasteiger partial charge is 0.223 e. The highest BCUT2D eigenvalue weighted by molar-refractivity contribution is 5.76. The number of carbonyl (C=O) groups is 1. The molecule has 1 aromatic rings. The Morgan fingerprint density at radius 1 is 1.44 bits per heavy atom. The van der Waals surface area contributed by atoms with Gasteiger partial charge in [-0.25, -0.2) is 0 Å². The van der Waals surface area contributed by atoms with Crippen LogP contribution in [0, 0.1) is 0 Å². The highest BCUT2D eigenvalue weighted by atomic mass is 16.3. The normalized spacial score (nSPS) is 15.6. The number of nitrogens with one attached hydrogen (secondary N) is 1. The molecule has 0 aliphatic carbocycles. The van der Waals surface area contributed by atoms with Crippen molar-refractivity contribution in [1.29, 1.82) is 0 Å². The minimum Gasteiger partial charge on any atom is -0.468 e.